The van der Waals surface area contributed by atoms with Gasteiger partial charge in [0.1, 0.15) is 11.8 Å². The lowest BCUT2D eigenvalue weighted by atomic mass is 10.1. The van der Waals surface area contributed by atoms with Crippen molar-refractivity contribution in [3.05, 3.63) is 45.5 Å². The summed E-state index contributed by atoms with van der Waals surface area (Å²) in [6, 6.07) is 8.07. The minimum absolute atomic E-state index is 0.120. The molecule has 0 aromatic carbocycles. The maximum Gasteiger partial charge on any atom is 0.126 e. The molecule has 0 saturated heterocycles. The van der Waals surface area contributed by atoms with Crippen molar-refractivity contribution >= 4 is 22.9 Å². The summed E-state index contributed by atoms with van der Waals surface area (Å²) in [5, 5.41) is 3.57. The van der Waals surface area contributed by atoms with E-state index in [1.807, 2.05) is 18.2 Å². The molecule has 1 N–H and O–H groups in total. The van der Waals surface area contributed by atoms with Crippen LogP contribution in [0.3, 0.4) is 0 Å². The smallest absolute Gasteiger partial charge is 0.126 e. The van der Waals surface area contributed by atoms with Gasteiger partial charge in [-0.1, -0.05) is 37.8 Å². The summed E-state index contributed by atoms with van der Waals surface area (Å²) in [6.45, 7) is 3.23. The average Bonchev–Trinajstić information content (AvgIpc) is 3.05. The van der Waals surface area contributed by atoms with Gasteiger partial charge in [0.2, 0.25) is 0 Å². The Kier molecular flexibility index (Phi) is 5.95. The zero-order valence-corrected chi connectivity index (χ0v) is 12.8. The Bertz CT molecular complexity index is 466. The third-order valence-electron chi connectivity index (χ3n) is 3.08. The van der Waals surface area contributed by atoms with E-state index in [0.29, 0.717) is 0 Å². The number of rotatable bonds is 8. The van der Waals surface area contributed by atoms with Crippen molar-refractivity contribution < 1.29 is 4.42 Å². The molecular weight excluding hydrogens is 278 g/mol. The summed E-state index contributed by atoms with van der Waals surface area (Å²) in [5.74, 6) is 0.953. The van der Waals surface area contributed by atoms with Crippen LogP contribution >= 0.6 is 22.9 Å². The topological polar surface area (TPSA) is 25.2 Å². The van der Waals surface area contributed by atoms with Gasteiger partial charge in [0, 0.05) is 4.88 Å². The number of furan rings is 1. The first-order valence-electron chi connectivity index (χ1n) is 6.83. The Labute approximate surface area is 123 Å². The van der Waals surface area contributed by atoms with E-state index in [9.17, 15) is 0 Å². The van der Waals surface area contributed by atoms with Crippen LogP contribution in [0.1, 0.15) is 49.3 Å². The molecule has 0 fully saturated rings. The molecule has 0 saturated carbocycles. The Morgan fingerprint density at radius 1 is 1.26 bits per heavy atom. The number of halogens is 1. The zero-order valence-electron chi connectivity index (χ0n) is 11.2. The number of nitrogens with one attached hydrogen (secondary N) is 1. The highest BCUT2D eigenvalue weighted by atomic mass is 35.5. The van der Waals surface area contributed by atoms with E-state index in [1.54, 1.807) is 17.6 Å². The highest BCUT2D eigenvalue weighted by molar-refractivity contribution is 7.16. The van der Waals surface area contributed by atoms with E-state index < -0.39 is 0 Å². The standard InChI is InChI=1S/C15H20ClNOS/c1-2-3-4-5-10-17-15(12-7-6-11-18-12)13-8-9-14(16)19-13/h6-9,11,15,17H,2-5,10H2,1H3. The monoisotopic (exact) mass is 297 g/mol. The highest BCUT2D eigenvalue weighted by Gasteiger charge is 2.17. The molecule has 0 aliphatic rings. The molecule has 2 aromatic heterocycles. The molecule has 104 valence electrons. The van der Waals surface area contributed by atoms with Gasteiger partial charge >= 0.3 is 0 Å². The number of hydrogen-bond acceptors (Lipinski definition) is 3. The van der Waals surface area contributed by atoms with Gasteiger partial charge in [0.05, 0.1) is 10.6 Å². The predicted octanol–water partition coefficient (Wildman–Crippen LogP) is 5.25. The first kappa shape index (κ1) is 14.6. The summed E-state index contributed by atoms with van der Waals surface area (Å²) in [4.78, 5) is 1.20. The molecule has 0 amide bonds. The van der Waals surface area contributed by atoms with E-state index >= 15 is 0 Å². The molecule has 1 unspecified atom stereocenters. The SMILES string of the molecule is CCCCCCNC(c1ccco1)c1ccc(Cl)s1. The van der Waals surface area contributed by atoms with Crippen LogP contribution in [-0.2, 0) is 0 Å². The lowest BCUT2D eigenvalue weighted by Gasteiger charge is -2.15. The molecule has 4 heteroatoms. The predicted molar refractivity (Wildman–Crippen MR) is 82.0 cm³/mol. The maximum atomic E-state index is 6.03. The van der Waals surface area contributed by atoms with E-state index in [-0.39, 0.29) is 6.04 Å². The number of hydrogen-bond donors (Lipinski definition) is 1. The Morgan fingerprint density at radius 2 is 2.16 bits per heavy atom. The van der Waals surface area contributed by atoms with Gasteiger partial charge in [-0.05, 0) is 37.2 Å². The minimum atomic E-state index is 0.120. The second kappa shape index (κ2) is 7.73. The molecule has 1 atom stereocenters. The maximum absolute atomic E-state index is 6.03. The Morgan fingerprint density at radius 3 is 2.79 bits per heavy atom. The van der Waals surface area contributed by atoms with Crippen LogP contribution in [0.25, 0.3) is 0 Å². The Balaban J connectivity index is 1.96. The van der Waals surface area contributed by atoms with Crippen molar-refractivity contribution in [3.63, 3.8) is 0 Å². The fourth-order valence-electron chi connectivity index (χ4n) is 2.08. The quantitative estimate of drug-likeness (QED) is 0.673. The summed E-state index contributed by atoms with van der Waals surface area (Å²) in [7, 11) is 0. The van der Waals surface area contributed by atoms with Crippen LogP contribution in [-0.4, -0.2) is 6.54 Å². The average molecular weight is 298 g/mol. The van der Waals surface area contributed by atoms with E-state index in [2.05, 4.69) is 18.3 Å². The number of unbranched alkanes of at least 4 members (excludes halogenated alkanes) is 3. The van der Waals surface area contributed by atoms with E-state index in [1.165, 1.54) is 30.6 Å². The van der Waals surface area contributed by atoms with Crippen molar-refractivity contribution in [1.29, 1.82) is 0 Å². The fraction of sp³-hybridized carbons (Fsp3) is 0.467. The molecule has 0 aliphatic carbocycles. The molecule has 0 radical (unpaired) electrons. The second-order valence-electron chi connectivity index (χ2n) is 4.61. The zero-order chi connectivity index (χ0) is 13.5. The van der Waals surface area contributed by atoms with Crippen LogP contribution < -0.4 is 5.32 Å². The summed E-state index contributed by atoms with van der Waals surface area (Å²) in [5.41, 5.74) is 0. The third kappa shape index (κ3) is 4.37. The van der Waals surface area contributed by atoms with Crippen LogP contribution in [0.4, 0.5) is 0 Å². The molecule has 2 heterocycles. The van der Waals surface area contributed by atoms with Crippen LogP contribution in [0.15, 0.2) is 34.9 Å². The summed E-state index contributed by atoms with van der Waals surface area (Å²) >= 11 is 7.63. The van der Waals surface area contributed by atoms with Crippen molar-refractivity contribution in [1.82, 2.24) is 5.32 Å². The van der Waals surface area contributed by atoms with Crippen LogP contribution in [0.2, 0.25) is 4.34 Å². The molecular formula is C15H20ClNOS. The lowest BCUT2D eigenvalue weighted by Crippen LogP contribution is -2.22. The molecule has 0 bridgehead atoms. The third-order valence-corrected chi connectivity index (χ3v) is 4.38. The van der Waals surface area contributed by atoms with Crippen LogP contribution in [0.5, 0.6) is 0 Å². The first-order chi connectivity index (χ1) is 9.31. The minimum Gasteiger partial charge on any atom is -0.467 e. The Hall–Kier alpha value is -0.770. The van der Waals surface area contributed by atoms with Gasteiger partial charge in [0.25, 0.3) is 0 Å². The molecule has 0 aliphatic heterocycles. The van der Waals surface area contributed by atoms with E-state index in [0.717, 1.165) is 16.6 Å². The summed E-state index contributed by atoms with van der Waals surface area (Å²) in [6.07, 6.45) is 6.76. The van der Waals surface area contributed by atoms with Crippen molar-refractivity contribution in [2.75, 3.05) is 6.54 Å². The summed E-state index contributed by atoms with van der Waals surface area (Å²) < 4.78 is 6.36. The molecule has 2 aromatic rings. The first-order valence-corrected chi connectivity index (χ1v) is 8.02. The van der Waals surface area contributed by atoms with Crippen molar-refractivity contribution in [3.8, 4) is 0 Å². The van der Waals surface area contributed by atoms with Gasteiger partial charge in [-0.15, -0.1) is 11.3 Å². The van der Waals surface area contributed by atoms with Gasteiger partial charge in [-0.2, -0.15) is 0 Å². The normalized spacial score (nSPS) is 12.7. The lowest BCUT2D eigenvalue weighted by molar-refractivity contribution is 0.444. The van der Waals surface area contributed by atoms with E-state index in [4.69, 9.17) is 16.0 Å². The van der Waals surface area contributed by atoms with Gasteiger partial charge in [0.15, 0.2) is 0 Å². The molecule has 2 rings (SSSR count). The number of thiophene rings is 1. The van der Waals surface area contributed by atoms with Crippen molar-refractivity contribution in [2.45, 2.75) is 38.6 Å². The van der Waals surface area contributed by atoms with Gasteiger partial charge in [-0.25, -0.2) is 0 Å². The van der Waals surface area contributed by atoms with Gasteiger partial charge < -0.3 is 9.73 Å². The van der Waals surface area contributed by atoms with Crippen LogP contribution in [0, 0.1) is 0 Å². The second-order valence-corrected chi connectivity index (χ2v) is 6.35. The van der Waals surface area contributed by atoms with Crippen molar-refractivity contribution in [2.24, 2.45) is 0 Å². The molecule has 2 nitrogen and oxygen atoms in total. The largest absolute Gasteiger partial charge is 0.467 e. The van der Waals surface area contributed by atoms with Gasteiger partial charge in [-0.3, -0.25) is 0 Å². The fourth-order valence-corrected chi connectivity index (χ4v) is 3.22. The molecule has 0 spiro atoms. The highest BCUT2D eigenvalue weighted by Crippen LogP contribution is 2.31. The molecule has 19 heavy (non-hydrogen) atoms.